The van der Waals surface area contributed by atoms with E-state index in [2.05, 4.69) is 15.9 Å². The van der Waals surface area contributed by atoms with Crippen molar-refractivity contribution in [1.82, 2.24) is 0 Å². The van der Waals surface area contributed by atoms with Gasteiger partial charge < -0.3 is 23.7 Å². The molecule has 0 aliphatic carbocycles. The Morgan fingerprint density at radius 3 is 2.19 bits per heavy atom. The van der Waals surface area contributed by atoms with Gasteiger partial charge in [0.05, 0.1) is 12.7 Å². The lowest BCUT2D eigenvalue weighted by molar-refractivity contribution is -0.0126. The van der Waals surface area contributed by atoms with Gasteiger partial charge in [0.25, 0.3) is 0 Å². The number of benzene rings is 3. The Morgan fingerprint density at radius 2 is 1.56 bits per heavy atom. The Hall–Kier alpha value is -3.36. The monoisotopic (exact) mass is 556 g/mol. The molecule has 0 amide bonds. The normalized spacial score (nSPS) is 10.6. The molecule has 36 heavy (non-hydrogen) atoms. The lowest BCUT2D eigenvalue weighted by Crippen LogP contribution is -2.16. The van der Waals surface area contributed by atoms with Crippen molar-refractivity contribution in [1.29, 1.82) is 0 Å². The van der Waals surface area contributed by atoms with Crippen LogP contribution in [0.15, 0.2) is 46.9 Å². The summed E-state index contributed by atoms with van der Waals surface area (Å²) in [4.78, 5) is 25.9. The first kappa shape index (κ1) is 27.2. The minimum Gasteiger partial charge on any atom is -0.496 e. The van der Waals surface area contributed by atoms with Crippen LogP contribution < -0.4 is 14.2 Å². The molecule has 0 fully saturated rings. The zero-order valence-electron chi connectivity index (χ0n) is 21.2. The van der Waals surface area contributed by atoms with Gasteiger partial charge in [0.2, 0.25) is 0 Å². The molecule has 0 saturated heterocycles. The summed E-state index contributed by atoms with van der Waals surface area (Å²) in [6, 6.07) is 13.2. The van der Waals surface area contributed by atoms with E-state index in [1.807, 2.05) is 30.3 Å². The van der Waals surface area contributed by atoms with Crippen LogP contribution in [-0.2, 0) is 16.1 Å². The molecule has 3 aromatic carbocycles. The van der Waals surface area contributed by atoms with Crippen molar-refractivity contribution in [3.63, 3.8) is 0 Å². The molecule has 0 aliphatic rings. The van der Waals surface area contributed by atoms with E-state index >= 15 is 0 Å². The van der Waals surface area contributed by atoms with Gasteiger partial charge in [-0.3, -0.25) is 0 Å². The van der Waals surface area contributed by atoms with Crippen molar-refractivity contribution < 1.29 is 33.3 Å². The van der Waals surface area contributed by atoms with Crippen molar-refractivity contribution >= 4 is 27.9 Å². The number of carbonyl (C=O) groups is 2. The quantitative estimate of drug-likeness (QED) is 0.175. The highest BCUT2D eigenvalue weighted by Gasteiger charge is 2.26. The molecule has 0 radical (unpaired) electrons. The minimum absolute atomic E-state index is 0.163. The fraction of sp³-hybridized carbons (Fsp3) is 0.286. The first-order valence-corrected chi connectivity index (χ1v) is 12.0. The number of hydrogen-bond donors (Lipinski definition) is 0. The number of halogens is 1. The number of esters is 2. The second-order valence-corrected chi connectivity index (χ2v) is 9.01. The second kappa shape index (κ2) is 12.1. The van der Waals surface area contributed by atoms with Crippen molar-refractivity contribution in [3.05, 3.63) is 85.9 Å². The lowest BCUT2D eigenvalue weighted by Gasteiger charge is -2.19. The third-order valence-electron chi connectivity index (χ3n) is 5.82. The fourth-order valence-electron chi connectivity index (χ4n) is 3.78. The molecular weight excluding hydrogens is 528 g/mol. The standard InChI is InChI=1S/C28H29BrO7/c1-16-12-21(34-14-20-10-8-7-9-11-20)13-22(33-6)23(16)28(31)36-26-18(3)17(2)24(25(29)19(26)4)27(30)35-15-32-5/h7-13H,14-15H2,1-6H3. The predicted octanol–water partition coefficient (Wildman–Crippen LogP) is 6.25. The van der Waals surface area contributed by atoms with E-state index in [4.69, 9.17) is 23.7 Å². The fourth-order valence-corrected chi connectivity index (χ4v) is 4.42. The van der Waals surface area contributed by atoms with Crippen LogP contribution in [0.5, 0.6) is 17.2 Å². The molecule has 8 heteroatoms. The predicted molar refractivity (Wildman–Crippen MR) is 139 cm³/mol. The smallest absolute Gasteiger partial charge is 0.347 e. The van der Waals surface area contributed by atoms with Crippen LogP contribution in [-0.4, -0.2) is 33.0 Å². The summed E-state index contributed by atoms with van der Waals surface area (Å²) in [6.07, 6.45) is 0. The van der Waals surface area contributed by atoms with E-state index in [9.17, 15) is 9.59 Å². The Bertz CT molecular complexity index is 1240. The highest BCUT2D eigenvalue weighted by Crippen LogP contribution is 2.38. The molecule has 0 aromatic heterocycles. The van der Waals surface area contributed by atoms with Crippen LogP contribution in [0.4, 0.5) is 0 Å². The van der Waals surface area contributed by atoms with Gasteiger partial charge in [-0.1, -0.05) is 30.3 Å². The molecule has 7 nitrogen and oxygen atoms in total. The van der Waals surface area contributed by atoms with Gasteiger partial charge in [-0.2, -0.15) is 0 Å². The van der Waals surface area contributed by atoms with Crippen LogP contribution in [0.3, 0.4) is 0 Å². The molecule has 0 bridgehead atoms. The highest BCUT2D eigenvalue weighted by atomic mass is 79.9. The molecule has 0 N–H and O–H groups in total. The molecule has 0 heterocycles. The summed E-state index contributed by atoms with van der Waals surface area (Å²) in [5.41, 5.74) is 4.19. The maximum Gasteiger partial charge on any atom is 0.347 e. The Kier molecular flexibility index (Phi) is 9.12. The maximum atomic E-state index is 13.3. The zero-order chi connectivity index (χ0) is 26.4. The molecule has 0 spiro atoms. The SMILES string of the molecule is COCOC(=O)c1c(C)c(C)c(OC(=O)c2c(C)cc(OCc3ccccc3)cc2OC)c(C)c1Br. The second-order valence-electron chi connectivity index (χ2n) is 8.21. The van der Waals surface area contributed by atoms with Crippen LogP contribution in [0, 0.1) is 27.7 Å². The molecule has 3 aromatic rings. The third-order valence-corrected chi connectivity index (χ3v) is 6.81. The minimum atomic E-state index is -0.578. The van der Waals surface area contributed by atoms with E-state index in [0.717, 1.165) is 5.56 Å². The Morgan fingerprint density at radius 1 is 0.861 bits per heavy atom. The molecule has 190 valence electrons. The van der Waals surface area contributed by atoms with Crippen molar-refractivity contribution in [2.45, 2.75) is 34.3 Å². The van der Waals surface area contributed by atoms with Gasteiger partial charge in [-0.15, -0.1) is 0 Å². The summed E-state index contributed by atoms with van der Waals surface area (Å²) < 4.78 is 27.7. The molecule has 0 saturated carbocycles. The number of aryl methyl sites for hydroxylation is 1. The number of carbonyl (C=O) groups excluding carboxylic acids is 2. The van der Waals surface area contributed by atoms with Crippen LogP contribution in [0.1, 0.15) is 48.5 Å². The molecule has 0 atom stereocenters. The van der Waals surface area contributed by atoms with E-state index in [1.54, 1.807) is 39.8 Å². The van der Waals surface area contributed by atoms with Crippen LogP contribution in [0.2, 0.25) is 0 Å². The number of methoxy groups -OCH3 is 2. The van der Waals surface area contributed by atoms with Gasteiger partial charge in [-0.25, -0.2) is 9.59 Å². The lowest BCUT2D eigenvalue weighted by atomic mass is 9.98. The first-order chi connectivity index (χ1) is 17.2. The maximum absolute atomic E-state index is 13.3. The van der Waals surface area contributed by atoms with Gasteiger partial charge in [0.15, 0.2) is 6.79 Å². The molecule has 3 rings (SSSR count). The third kappa shape index (κ3) is 5.88. The number of ether oxygens (including phenoxy) is 5. The molecular formula is C28H29BrO7. The van der Waals surface area contributed by atoms with E-state index in [-0.39, 0.29) is 6.79 Å². The number of rotatable bonds is 9. The summed E-state index contributed by atoms with van der Waals surface area (Å²) in [6.45, 7) is 7.34. The van der Waals surface area contributed by atoms with Gasteiger partial charge >= 0.3 is 11.9 Å². The highest BCUT2D eigenvalue weighted by molar-refractivity contribution is 9.10. The topological polar surface area (TPSA) is 80.3 Å². The molecule has 0 unspecified atom stereocenters. The first-order valence-electron chi connectivity index (χ1n) is 11.2. The average Bonchev–Trinajstić information content (AvgIpc) is 2.87. The summed E-state index contributed by atoms with van der Waals surface area (Å²) in [5.74, 6) is 0.169. The summed E-state index contributed by atoms with van der Waals surface area (Å²) in [5, 5.41) is 0. The van der Waals surface area contributed by atoms with E-state index in [1.165, 1.54) is 14.2 Å². The average molecular weight is 557 g/mol. The van der Waals surface area contributed by atoms with Gasteiger partial charge in [0.1, 0.15) is 29.4 Å². The number of hydrogen-bond acceptors (Lipinski definition) is 7. The van der Waals surface area contributed by atoms with Gasteiger partial charge in [0, 0.05) is 23.2 Å². The largest absolute Gasteiger partial charge is 0.496 e. The Balaban J connectivity index is 1.90. The summed E-state index contributed by atoms with van der Waals surface area (Å²) in [7, 11) is 2.93. The van der Waals surface area contributed by atoms with Crippen molar-refractivity contribution in [2.75, 3.05) is 21.0 Å². The van der Waals surface area contributed by atoms with Crippen molar-refractivity contribution in [3.8, 4) is 17.2 Å². The van der Waals surface area contributed by atoms with Crippen LogP contribution >= 0.6 is 15.9 Å². The van der Waals surface area contributed by atoms with Crippen LogP contribution in [0.25, 0.3) is 0 Å². The van der Waals surface area contributed by atoms with E-state index in [0.29, 0.717) is 61.7 Å². The van der Waals surface area contributed by atoms with Gasteiger partial charge in [-0.05, 0) is 71.9 Å². The molecule has 0 aliphatic heterocycles. The van der Waals surface area contributed by atoms with E-state index < -0.39 is 11.9 Å². The summed E-state index contributed by atoms with van der Waals surface area (Å²) >= 11 is 3.47. The zero-order valence-corrected chi connectivity index (χ0v) is 22.8. The van der Waals surface area contributed by atoms with Crippen molar-refractivity contribution in [2.24, 2.45) is 0 Å². The Labute approximate surface area is 219 Å².